The zero-order chi connectivity index (χ0) is 18.5. The number of nitrogens with one attached hydrogen (secondary N) is 1. The second-order valence-electron chi connectivity index (χ2n) is 6.82. The first kappa shape index (κ1) is 18.7. The molecule has 3 rings (SSSR count). The van der Waals surface area contributed by atoms with E-state index in [1.165, 1.54) is 16.7 Å². The Morgan fingerprint density at radius 2 is 1.81 bits per heavy atom. The summed E-state index contributed by atoms with van der Waals surface area (Å²) in [5.41, 5.74) is 4.81. The molecule has 1 aliphatic heterocycles. The lowest BCUT2D eigenvalue weighted by Gasteiger charge is -2.36. The highest BCUT2D eigenvalue weighted by molar-refractivity contribution is 7.80. The summed E-state index contributed by atoms with van der Waals surface area (Å²) in [5.74, 6) is 0.967. The topological polar surface area (TPSA) is 27.7 Å². The fourth-order valence-electron chi connectivity index (χ4n) is 3.29. The Labute approximate surface area is 161 Å². The maximum Gasteiger partial charge on any atom is 0.173 e. The van der Waals surface area contributed by atoms with E-state index < -0.39 is 0 Å². The predicted octanol–water partition coefficient (Wildman–Crippen LogP) is 3.83. The van der Waals surface area contributed by atoms with Crippen molar-refractivity contribution in [1.29, 1.82) is 0 Å². The minimum absolute atomic E-state index is 0.812. The largest absolute Gasteiger partial charge is 0.496 e. The van der Waals surface area contributed by atoms with E-state index >= 15 is 0 Å². The molecule has 0 saturated carbocycles. The number of methoxy groups -OCH3 is 1. The molecule has 5 heteroatoms. The summed E-state index contributed by atoms with van der Waals surface area (Å²) in [6.45, 7) is 8.99. The second kappa shape index (κ2) is 8.52. The summed E-state index contributed by atoms with van der Waals surface area (Å²) < 4.78 is 5.51. The average Bonchev–Trinajstić information content (AvgIpc) is 2.64. The first-order valence-corrected chi connectivity index (χ1v) is 9.45. The molecule has 2 aromatic rings. The van der Waals surface area contributed by atoms with Crippen LogP contribution in [0, 0.1) is 13.8 Å². The van der Waals surface area contributed by atoms with Crippen LogP contribution in [0.4, 0.5) is 5.69 Å². The summed E-state index contributed by atoms with van der Waals surface area (Å²) in [5, 5.41) is 4.20. The van der Waals surface area contributed by atoms with Crippen LogP contribution in [0.2, 0.25) is 0 Å². The number of thiocarbonyl (C=S) groups is 1. The van der Waals surface area contributed by atoms with Crippen LogP contribution >= 0.6 is 12.2 Å². The van der Waals surface area contributed by atoms with Gasteiger partial charge in [-0.25, -0.2) is 0 Å². The van der Waals surface area contributed by atoms with E-state index in [-0.39, 0.29) is 0 Å². The maximum atomic E-state index is 5.62. The lowest BCUT2D eigenvalue weighted by molar-refractivity contribution is 0.175. The van der Waals surface area contributed by atoms with Crippen molar-refractivity contribution in [3.05, 3.63) is 59.2 Å². The standard InChI is InChI=1S/C21H27N3OS/c1-16-8-9-20(25-3)18(14-16)15-23-10-12-24(13-11-23)21(26)22-19-7-5-4-6-17(19)2/h4-9,14H,10-13,15H2,1-3H3,(H,22,26). The molecule has 0 spiro atoms. The zero-order valence-corrected chi connectivity index (χ0v) is 16.6. The van der Waals surface area contributed by atoms with Gasteiger partial charge in [-0.1, -0.05) is 35.9 Å². The Kier molecular flexibility index (Phi) is 6.12. The predicted molar refractivity (Wildman–Crippen MR) is 112 cm³/mol. The molecule has 0 bridgehead atoms. The number of nitrogens with zero attached hydrogens (tertiary/aromatic N) is 2. The van der Waals surface area contributed by atoms with Crippen molar-refractivity contribution in [2.24, 2.45) is 0 Å². The van der Waals surface area contributed by atoms with Crippen molar-refractivity contribution in [3.63, 3.8) is 0 Å². The van der Waals surface area contributed by atoms with Gasteiger partial charge < -0.3 is 15.0 Å². The molecule has 0 atom stereocenters. The van der Waals surface area contributed by atoms with E-state index in [4.69, 9.17) is 17.0 Å². The third-order valence-electron chi connectivity index (χ3n) is 4.88. The van der Waals surface area contributed by atoms with Crippen LogP contribution in [0.1, 0.15) is 16.7 Å². The molecule has 26 heavy (non-hydrogen) atoms. The number of hydrogen-bond donors (Lipinski definition) is 1. The number of para-hydroxylation sites is 1. The van der Waals surface area contributed by atoms with Crippen molar-refractivity contribution in [1.82, 2.24) is 9.80 Å². The van der Waals surface area contributed by atoms with Crippen molar-refractivity contribution < 1.29 is 4.74 Å². The minimum atomic E-state index is 0.812. The molecular weight excluding hydrogens is 342 g/mol. The number of benzene rings is 2. The smallest absolute Gasteiger partial charge is 0.173 e. The molecule has 1 aliphatic rings. The molecular formula is C21H27N3OS. The van der Waals surface area contributed by atoms with E-state index in [0.717, 1.165) is 49.3 Å². The van der Waals surface area contributed by atoms with Crippen LogP contribution < -0.4 is 10.1 Å². The van der Waals surface area contributed by atoms with E-state index in [1.54, 1.807) is 7.11 Å². The fraction of sp³-hybridized carbons (Fsp3) is 0.381. The van der Waals surface area contributed by atoms with Gasteiger partial charge in [-0.2, -0.15) is 0 Å². The molecule has 0 amide bonds. The quantitative estimate of drug-likeness (QED) is 0.827. The Morgan fingerprint density at radius 1 is 1.08 bits per heavy atom. The first-order chi connectivity index (χ1) is 12.6. The molecule has 4 nitrogen and oxygen atoms in total. The molecule has 0 radical (unpaired) electrons. The van der Waals surface area contributed by atoms with Crippen molar-refractivity contribution in [2.75, 3.05) is 38.6 Å². The first-order valence-electron chi connectivity index (χ1n) is 9.04. The third kappa shape index (κ3) is 4.54. The van der Waals surface area contributed by atoms with E-state index in [1.807, 2.05) is 12.1 Å². The van der Waals surface area contributed by atoms with Crippen molar-refractivity contribution in [2.45, 2.75) is 20.4 Å². The van der Waals surface area contributed by atoms with Gasteiger partial charge in [0.05, 0.1) is 7.11 Å². The highest BCUT2D eigenvalue weighted by atomic mass is 32.1. The number of aryl methyl sites for hydroxylation is 2. The van der Waals surface area contributed by atoms with Crippen LogP contribution in [0.5, 0.6) is 5.75 Å². The molecule has 0 aliphatic carbocycles. The minimum Gasteiger partial charge on any atom is -0.496 e. The lowest BCUT2D eigenvalue weighted by atomic mass is 10.1. The number of piperazine rings is 1. The van der Waals surface area contributed by atoms with Crippen LogP contribution in [-0.4, -0.2) is 48.2 Å². The van der Waals surface area contributed by atoms with Gasteiger partial charge in [-0.15, -0.1) is 0 Å². The van der Waals surface area contributed by atoms with Gasteiger partial charge in [0, 0.05) is 44.0 Å². The van der Waals surface area contributed by atoms with Gasteiger partial charge >= 0.3 is 0 Å². The molecule has 2 aromatic carbocycles. The molecule has 0 unspecified atom stereocenters. The Bertz CT molecular complexity index is 770. The van der Waals surface area contributed by atoms with E-state index in [0.29, 0.717) is 0 Å². The molecule has 138 valence electrons. The van der Waals surface area contributed by atoms with Gasteiger partial charge in [-0.3, -0.25) is 4.90 Å². The van der Waals surface area contributed by atoms with Crippen LogP contribution in [0.3, 0.4) is 0 Å². The Hall–Kier alpha value is -2.11. The summed E-state index contributed by atoms with van der Waals surface area (Å²) in [6, 6.07) is 14.6. The summed E-state index contributed by atoms with van der Waals surface area (Å²) >= 11 is 5.62. The number of hydrogen-bond acceptors (Lipinski definition) is 3. The van der Waals surface area contributed by atoms with Gasteiger partial charge in [0.25, 0.3) is 0 Å². The Balaban J connectivity index is 1.55. The second-order valence-corrected chi connectivity index (χ2v) is 7.21. The monoisotopic (exact) mass is 369 g/mol. The molecule has 1 heterocycles. The number of ether oxygens (including phenoxy) is 1. The SMILES string of the molecule is COc1ccc(C)cc1CN1CCN(C(=S)Nc2ccccc2C)CC1. The molecule has 1 N–H and O–H groups in total. The molecule has 1 saturated heterocycles. The van der Waals surface area contributed by atoms with Crippen LogP contribution in [0.15, 0.2) is 42.5 Å². The summed E-state index contributed by atoms with van der Waals surface area (Å²) in [4.78, 5) is 4.72. The normalized spacial score (nSPS) is 15.0. The van der Waals surface area contributed by atoms with Crippen molar-refractivity contribution in [3.8, 4) is 5.75 Å². The summed E-state index contributed by atoms with van der Waals surface area (Å²) in [7, 11) is 1.74. The highest BCUT2D eigenvalue weighted by Gasteiger charge is 2.20. The molecule has 0 aromatic heterocycles. The van der Waals surface area contributed by atoms with E-state index in [9.17, 15) is 0 Å². The van der Waals surface area contributed by atoms with Crippen LogP contribution in [-0.2, 0) is 6.54 Å². The molecule has 1 fully saturated rings. The van der Waals surface area contributed by atoms with E-state index in [2.05, 4.69) is 59.3 Å². The van der Waals surface area contributed by atoms with Gasteiger partial charge in [0.15, 0.2) is 5.11 Å². The van der Waals surface area contributed by atoms with Crippen LogP contribution in [0.25, 0.3) is 0 Å². The number of anilines is 1. The van der Waals surface area contributed by atoms with Crippen molar-refractivity contribution >= 4 is 23.0 Å². The maximum absolute atomic E-state index is 5.62. The summed E-state index contributed by atoms with van der Waals surface area (Å²) in [6.07, 6.45) is 0. The fourth-order valence-corrected chi connectivity index (χ4v) is 3.58. The van der Waals surface area contributed by atoms with Gasteiger partial charge in [0.2, 0.25) is 0 Å². The van der Waals surface area contributed by atoms with Gasteiger partial charge in [-0.05, 0) is 43.8 Å². The Morgan fingerprint density at radius 3 is 2.50 bits per heavy atom. The number of rotatable bonds is 4. The lowest BCUT2D eigenvalue weighted by Crippen LogP contribution is -2.49. The third-order valence-corrected chi connectivity index (χ3v) is 5.24. The zero-order valence-electron chi connectivity index (χ0n) is 15.8. The highest BCUT2D eigenvalue weighted by Crippen LogP contribution is 2.22. The average molecular weight is 370 g/mol. The van der Waals surface area contributed by atoms with Gasteiger partial charge in [0.1, 0.15) is 5.75 Å².